The van der Waals surface area contributed by atoms with Crippen molar-refractivity contribution in [2.45, 2.75) is 103 Å². The van der Waals surface area contributed by atoms with Crippen molar-refractivity contribution in [3.8, 4) is 0 Å². The fourth-order valence-corrected chi connectivity index (χ4v) is 7.96. The molecule has 8 rings (SSSR count). The van der Waals surface area contributed by atoms with Gasteiger partial charge < -0.3 is 33.9 Å². The van der Waals surface area contributed by atoms with E-state index in [9.17, 15) is 9.59 Å². The highest BCUT2D eigenvalue weighted by molar-refractivity contribution is 6.63. The highest BCUT2D eigenvalue weighted by Gasteiger charge is 2.53. The normalized spacial score (nSPS) is 18.9. The van der Waals surface area contributed by atoms with E-state index >= 15 is 0 Å². The third-order valence-electron chi connectivity index (χ3n) is 11.6. The molecule has 6 heterocycles. The minimum Gasteiger partial charge on any atom is -0.481 e. The maximum atomic E-state index is 12.9. The molecule has 0 bridgehead atoms. The lowest BCUT2D eigenvalue weighted by Gasteiger charge is -2.32. The molecule has 4 aliphatic heterocycles. The van der Waals surface area contributed by atoms with Crippen LogP contribution >= 0.6 is 46.4 Å². The third kappa shape index (κ3) is 9.89. The van der Waals surface area contributed by atoms with Crippen molar-refractivity contribution in [1.82, 2.24) is 9.97 Å². The zero-order chi connectivity index (χ0) is 43.1. The first-order valence-electron chi connectivity index (χ1n) is 19.4. The number of aromatic nitrogens is 2. The molecule has 0 unspecified atom stereocenters. The predicted octanol–water partition coefficient (Wildman–Crippen LogP) is 7.79. The largest absolute Gasteiger partial charge is 0.494 e. The molecule has 2 saturated heterocycles. The summed E-state index contributed by atoms with van der Waals surface area (Å²) in [7, 11) is -0.824. The van der Waals surface area contributed by atoms with Gasteiger partial charge >= 0.3 is 20.2 Å². The molecule has 312 valence electrons. The first-order valence-corrected chi connectivity index (χ1v) is 20.9. The molecule has 2 aromatic carbocycles. The van der Waals surface area contributed by atoms with Crippen LogP contribution in [0.25, 0.3) is 0 Å². The Morgan fingerprint density at radius 2 is 1.19 bits per heavy atom. The molecule has 4 aliphatic rings. The molecule has 0 atom stereocenters. The Balaban J connectivity index is 0.000000166. The number of aliphatic carboxylic acids is 1. The Morgan fingerprint density at radius 3 is 1.68 bits per heavy atom. The van der Waals surface area contributed by atoms with E-state index in [2.05, 4.69) is 49.0 Å². The fraction of sp³-hybridized carbons (Fsp3) is 0.429. The van der Waals surface area contributed by atoms with E-state index in [1.54, 1.807) is 29.3 Å². The van der Waals surface area contributed by atoms with Crippen molar-refractivity contribution >= 4 is 94.8 Å². The van der Waals surface area contributed by atoms with Crippen LogP contribution in [0.4, 0.5) is 11.4 Å². The van der Waals surface area contributed by atoms with Crippen molar-refractivity contribution in [3.05, 3.63) is 104 Å². The van der Waals surface area contributed by atoms with Gasteiger partial charge in [0, 0.05) is 31.0 Å². The lowest BCUT2D eigenvalue weighted by Crippen LogP contribution is -2.41. The van der Waals surface area contributed by atoms with Crippen LogP contribution in [0.5, 0.6) is 0 Å². The van der Waals surface area contributed by atoms with Gasteiger partial charge in [0.05, 0.1) is 56.7 Å². The summed E-state index contributed by atoms with van der Waals surface area (Å²) in [6.45, 7) is 17.8. The molecule has 11 nitrogen and oxygen atoms in total. The van der Waals surface area contributed by atoms with Crippen molar-refractivity contribution in [3.63, 3.8) is 0 Å². The standard InChI is InChI=1S/C21H23BCl2N2O3.C14H19BClNO2.C7H6ClNO2/c1-20(2)21(3,4)29-22(28-20)15-10-13-7-9-26(18(13)16(23)12-15)17(27)11-14-6-5-8-25-19(14)24;1-13(2)14(3,4)19-15(18-13)10-7-9-5-6-17-12(9)11(16)8-10;8-7-5(4-6(10)11)2-1-3-9-7/h5-6,8,10,12H,7,9,11H2,1-4H3;7-8,17H,5-6H2,1-4H3;1-3H,4H2,(H,10,11). The predicted molar refractivity (Wildman–Crippen MR) is 236 cm³/mol. The van der Waals surface area contributed by atoms with Crippen LogP contribution in [0.3, 0.4) is 0 Å². The Labute approximate surface area is 366 Å². The van der Waals surface area contributed by atoms with E-state index in [-0.39, 0.29) is 42.2 Å². The van der Waals surface area contributed by atoms with Gasteiger partial charge in [-0.15, -0.1) is 0 Å². The number of carbonyl (C=O) groups excluding carboxylic acids is 1. The summed E-state index contributed by atoms with van der Waals surface area (Å²) in [6, 6.07) is 14.8. The molecule has 59 heavy (non-hydrogen) atoms. The zero-order valence-corrected chi connectivity index (χ0v) is 37.4. The van der Waals surface area contributed by atoms with E-state index in [1.807, 2.05) is 52.0 Å². The number of rotatable bonds is 6. The number of anilines is 2. The number of amides is 1. The van der Waals surface area contributed by atoms with Gasteiger partial charge in [0.15, 0.2) is 0 Å². The zero-order valence-electron chi connectivity index (χ0n) is 34.4. The smallest absolute Gasteiger partial charge is 0.481 e. The van der Waals surface area contributed by atoms with Crippen molar-refractivity contribution in [2.75, 3.05) is 23.3 Å². The summed E-state index contributed by atoms with van der Waals surface area (Å²) < 4.78 is 24.4. The number of halogens is 4. The molecule has 2 N–H and O–H groups in total. The number of fused-ring (bicyclic) bond motifs is 2. The molecule has 17 heteroatoms. The van der Waals surface area contributed by atoms with Crippen LogP contribution in [0.15, 0.2) is 60.9 Å². The second-order valence-electron chi connectivity index (χ2n) is 16.8. The average Bonchev–Trinajstić information content (AvgIpc) is 3.90. The third-order valence-corrected chi connectivity index (χ3v) is 12.9. The average molecular weight is 884 g/mol. The van der Waals surface area contributed by atoms with E-state index < -0.39 is 24.3 Å². The van der Waals surface area contributed by atoms with E-state index in [0.29, 0.717) is 27.8 Å². The van der Waals surface area contributed by atoms with Crippen molar-refractivity contribution in [2.24, 2.45) is 0 Å². The number of benzene rings is 2. The summed E-state index contributed by atoms with van der Waals surface area (Å²) in [4.78, 5) is 32.7. The number of hydrogen-bond acceptors (Lipinski definition) is 9. The molecule has 0 aliphatic carbocycles. The first kappa shape index (κ1) is 45.1. The van der Waals surface area contributed by atoms with Gasteiger partial charge in [-0.05, 0) is 120 Å². The number of carboxylic acid groups (broad SMARTS) is 1. The summed E-state index contributed by atoms with van der Waals surface area (Å²) in [6.07, 6.45) is 4.97. The van der Waals surface area contributed by atoms with Gasteiger partial charge in [-0.25, -0.2) is 9.97 Å². The van der Waals surface area contributed by atoms with Gasteiger partial charge in [0.2, 0.25) is 5.91 Å². The molecule has 4 aromatic rings. The number of nitrogens with zero attached hydrogens (tertiary/aromatic N) is 3. The van der Waals surface area contributed by atoms with E-state index in [4.69, 9.17) is 70.1 Å². The maximum Gasteiger partial charge on any atom is 0.494 e. The van der Waals surface area contributed by atoms with Crippen LogP contribution in [-0.4, -0.2) is 76.7 Å². The Hall–Kier alpha value is -3.39. The van der Waals surface area contributed by atoms with Gasteiger partial charge in [-0.3, -0.25) is 9.59 Å². The van der Waals surface area contributed by atoms with Gasteiger partial charge in [0.25, 0.3) is 0 Å². The highest BCUT2D eigenvalue weighted by Crippen LogP contribution is 2.40. The van der Waals surface area contributed by atoms with Crippen LogP contribution in [0.1, 0.15) is 77.6 Å². The molecular weight excluding hydrogens is 836 g/mol. The number of nitrogens with one attached hydrogen (secondary N) is 1. The van der Waals surface area contributed by atoms with E-state index in [1.165, 1.54) is 11.8 Å². The SMILES string of the molecule is CC1(C)OB(c2cc(Cl)c3c(c2)CCN3)OC1(C)C.CC1(C)OB(c2cc(Cl)c3c(c2)CCN3C(=O)Cc2cccnc2Cl)OC1(C)C.O=C(O)Cc1cccnc1Cl. The number of hydrogen-bond donors (Lipinski definition) is 2. The molecule has 2 aromatic heterocycles. The van der Waals surface area contributed by atoms with Crippen molar-refractivity contribution in [1.29, 1.82) is 0 Å². The Morgan fingerprint density at radius 1 is 0.712 bits per heavy atom. The van der Waals surface area contributed by atoms with E-state index in [0.717, 1.165) is 52.3 Å². The van der Waals surface area contributed by atoms with Crippen LogP contribution in [0.2, 0.25) is 20.4 Å². The minimum absolute atomic E-state index is 0.0519. The molecular formula is C42H48B2Cl4N4O7. The van der Waals surface area contributed by atoms with Crippen LogP contribution < -0.4 is 21.1 Å². The minimum atomic E-state index is -0.903. The molecule has 1 amide bonds. The lowest BCUT2D eigenvalue weighted by atomic mass is 9.78. The van der Waals surface area contributed by atoms with Gasteiger partial charge in [-0.2, -0.15) is 0 Å². The molecule has 0 spiro atoms. The highest BCUT2D eigenvalue weighted by atomic mass is 35.5. The fourth-order valence-electron chi connectivity index (χ4n) is 6.92. The lowest BCUT2D eigenvalue weighted by molar-refractivity contribution is -0.136. The second kappa shape index (κ2) is 17.5. The summed E-state index contributed by atoms with van der Waals surface area (Å²) in [5.74, 6) is -0.955. The van der Waals surface area contributed by atoms with Crippen molar-refractivity contribution < 1.29 is 33.3 Å². The monoisotopic (exact) mass is 882 g/mol. The summed E-state index contributed by atoms with van der Waals surface area (Å²) >= 11 is 24.7. The first-order chi connectivity index (χ1) is 27.6. The molecule has 0 saturated carbocycles. The Kier molecular flexibility index (Phi) is 13.4. The number of carbonyl (C=O) groups is 2. The topological polar surface area (TPSA) is 132 Å². The second-order valence-corrected chi connectivity index (χ2v) is 18.4. The maximum absolute atomic E-state index is 12.9. The Bertz CT molecular complexity index is 2210. The molecule has 2 fully saturated rings. The summed E-state index contributed by atoms with van der Waals surface area (Å²) in [5, 5.41) is 13.6. The number of pyridine rings is 2. The van der Waals surface area contributed by atoms with Crippen LogP contribution in [-0.2, 0) is 53.9 Å². The molecule has 0 radical (unpaired) electrons. The quantitative estimate of drug-likeness (QED) is 0.146. The van der Waals surface area contributed by atoms with Crippen LogP contribution in [0, 0.1) is 0 Å². The van der Waals surface area contributed by atoms with Gasteiger partial charge in [0.1, 0.15) is 10.3 Å². The number of carboxylic acids is 1. The van der Waals surface area contributed by atoms with Gasteiger partial charge in [-0.1, -0.05) is 70.7 Å². The summed E-state index contributed by atoms with van der Waals surface area (Å²) in [5.41, 5.74) is 5.73.